The average molecular weight is 536 g/mol. The van der Waals surface area contributed by atoms with E-state index in [0.29, 0.717) is 15.3 Å². The van der Waals surface area contributed by atoms with Gasteiger partial charge in [-0.2, -0.15) is 18.3 Å². The van der Waals surface area contributed by atoms with Crippen molar-refractivity contribution < 1.29 is 31.1 Å². The lowest BCUT2D eigenvalue weighted by atomic mass is 10.2. The monoisotopic (exact) mass is 535 g/mol. The molecular weight excluding hydrogens is 515 g/mol. The first-order valence-electron chi connectivity index (χ1n) is 10.6. The highest BCUT2D eigenvalue weighted by molar-refractivity contribution is 7.92. The third kappa shape index (κ3) is 4.78. The number of benzene rings is 1. The summed E-state index contributed by atoms with van der Waals surface area (Å²) in [6.07, 6.45) is -3.50. The molecule has 0 fully saturated rings. The molecule has 0 unspecified atom stereocenters. The van der Waals surface area contributed by atoms with E-state index in [1.54, 1.807) is 44.2 Å². The second-order valence-corrected chi connectivity index (χ2v) is 11.6. The van der Waals surface area contributed by atoms with E-state index in [0.717, 1.165) is 23.9 Å². The first-order valence-corrected chi connectivity index (χ1v) is 12.9. The Kier molecular flexibility index (Phi) is 6.76. The van der Waals surface area contributed by atoms with Crippen molar-refractivity contribution in [1.29, 1.82) is 0 Å². The number of rotatable bonds is 6. The van der Waals surface area contributed by atoms with Crippen LogP contribution in [0.15, 0.2) is 65.7 Å². The number of alkyl halides is 3. The van der Waals surface area contributed by atoms with Gasteiger partial charge in [0.05, 0.1) is 27.8 Å². The predicted octanol–water partition coefficient (Wildman–Crippen LogP) is 5.65. The minimum atomic E-state index is -4.71. The van der Waals surface area contributed by atoms with Gasteiger partial charge in [-0.25, -0.2) is 22.9 Å². The molecule has 3 heterocycles. The van der Waals surface area contributed by atoms with Gasteiger partial charge in [-0.3, -0.25) is 0 Å². The molecule has 0 N–H and O–H groups in total. The minimum absolute atomic E-state index is 0.172. The highest BCUT2D eigenvalue weighted by Crippen LogP contribution is 2.39. The number of pyridine rings is 1. The molecule has 0 aliphatic heterocycles. The highest BCUT2D eigenvalue weighted by Gasteiger charge is 2.36. The summed E-state index contributed by atoms with van der Waals surface area (Å²) in [5.41, 5.74) is -0.386. The molecule has 188 valence electrons. The van der Waals surface area contributed by atoms with Crippen LogP contribution in [0.4, 0.5) is 13.2 Å². The van der Waals surface area contributed by atoms with Crippen molar-refractivity contribution in [3.63, 3.8) is 0 Å². The molecular formula is C24H20F3N3O4S2. The van der Waals surface area contributed by atoms with Gasteiger partial charge in [0, 0.05) is 17.1 Å². The molecule has 3 aromatic heterocycles. The molecule has 4 rings (SSSR count). The van der Waals surface area contributed by atoms with Gasteiger partial charge in [-0.15, -0.1) is 11.3 Å². The van der Waals surface area contributed by atoms with Crippen LogP contribution in [0.2, 0.25) is 0 Å². The van der Waals surface area contributed by atoms with E-state index in [1.165, 1.54) is 29.7 Å². The Bertz CT molecular complexity index is 1540. The molecule has 0 atom stereocenters. The lowest BCUT2D eigenvalue weighted by Gasteiger charge is -2.13. The van der Waals surface area contributed by atoms with E-state index >= 15 is 0 Å². The quantitative estimate of drug-likeness (QED) is 0.296. The second-order valence-electron chi connectivity index (χ2n) is 7.98. The molecule has 0 saturated heterocycles. The van der Waals surface area contributed by atoms with Crippen LogP contribution >= 0.6 is 11.3 Å². The van der Waals surface area contributed by atoms with E-state index in [1.807, 2.05) is 0 Å². The van der Waals surface area contributed by atoms with Crippen LogP contribution in [0.5, 0.6) is 0 Å². The number of carbonyl (C=O) groups excluding carboxylic acids is 1. The van der Waals surface area contributed by atoms with E-state index in [4.69, 9.17) is 4.74 Å². The number of esters is 1. The van der Waals surface area contributed by atoms with Gasteiger partial charge in [-0.1, -0.05) is 12.1 Å². The third-order valence-corrected chi connectivity index (χ3v) is 8.63. The molecule has 0 bridgehead atoms. The first kappa shape index (κ1) is 25.6. The Balaban J connectivity index is 1.85. The fourth-order valence-electron chi connectivity index (χ4n) is 3.44. The molecule has 12 heteroatoms. The van der Waals surface area contributed by atoms with Crippen LogP contribution in [0.25, 0.3) is 26.8 Å². The van der Waals surface area contributed by atoms with Crippen molar-refractivity contribution in [3.05, 3.63) is 72.1 Å². The fraction of sp³-hybridized carbons (Fsp3) is 0.208. The Morgan fingerprint density at radius 2 is 1.78 bits per heavy atom. The van der Waals surface area contributed by atoms with E-state index in [9.17, 15) is 26.4 Å². The maximum absolute atomic E-state index is 13.7. The van der Waals surface area contributed by atoms with Crippen molar-refractivity contribution in [2.24, 2.45) is 0 Å². The number of ether oxygens (including phenoxy) is 1. The van der Waals surface area contributed by atoms with Crippen molar-refractivity contribution in [3.8, 4) is 26.8 Å². The summed E-state index contributed by atoms with van der Waals surface area (Å²) in [7, 11) is -2.36. The number of carbonyl (C=O) groups is 1. The zero-order valence-corrected chi connectivity index (χ0v) is 20.9. The van der Waals surface area contributed by atoms with Crippen molar-refractivity contribution in [1.82, 2.24) is 14.8 Å². The number of sulfone groups is 1. The maximum atomic E-state index is 13.7. The summed E-state index contributed by atoms with van der Waals surface area (Å²) in [4.78, 5) is 17.4. The summed E-state index contributed by atoms with van der Waals surface area (Å²) < 4.78 is 72.0. The van der Waals surface area contributed by atoms with Gasteiger partial charge < -0.3 is 4.74 Å². The molecule has 0 amide bonds. The SMILES string of the molecule is COC(=O)c1cc(-c2ccc(-c3cccc(S(=O)(=O)C(C)C)c3)s2)n(-c2ncccc2C(F)(F)F)n1. The van der Waals surface area contributed by atoms with Gasteiger partial charge in [0.25, 0.3) is 0 Å². The van der Waals surface area contributed by atoms with Crippen LogP contribution in [0.1, 0.15) is 29.9 Å². The standard InChI is InChI=1S/C24H20F3N3O4S2/c1-14(2)36(32,33)16-7-4-6-15(12-16)20-9-10-21(35-20)19-13-18(23(31)34-3)29-30(19)22-17(24(25,26)27)8-5-11-28-22/h4-14H,1-3H3. The Morgan fingerprint density at radius 1 is 1.06 bits per heavy atom. The van der Waals surface area contributed by atoms with Crippen LogP contribution in [-0.4, -0.2) is 41.5 Å². The Labute approximate surface area is 209 Å². The second kappa shape index (κ2) is 9.51. The van der Waals surface area contributed by atoms with Crippen LogP contribution in [0, 0.1) is 0 Å². The zero-order valence-electron chi connectivity index (χ0n) is 19.3. The molecule has 0 aliphatic carbocycles. The molecule has 0 aliphatic rings. The van der Waals surface area contributed by atoms with Crippen LogP contribution in [-0.2, 0) is 20.8 Å². The molecule has 1 aromatic carbocycles. The maximum Gasteiger partial charge on any atom is 0.420 e. The minimum Gasteiger partial charge on any atom is -0.464 e. The lowest BCUT2D eigenvalue weighted by Crippen LogP contribution is -2.14. The number of aromatic nitrogens is 3. The fourth-order valence-corrected chi connectivity index (χ4v) is 5.55. The average Bonchev–Trinajstić information content (AvgIpc) is 3.51. The summed E-state index contributed by atoms with van der Waals surface area (Å²) in [6, 6.07) is 13.2. The number of hydrogen-bond acceptors (Lipinski definition) is 7. The molecule has 7 nitrogen and oxygen atoms in total. The number of thiophene rings is 1. The predicted molar refractivity (Wildman–Crippen MR) is 129 cm³/mol. The highest BCUT2D eigenvalue weighted by atomic mass is 32.2. The van der Waals surface area contributed by atoms with Gasteiger partial charge in [0.15, 0.2) is 21.3 Å². The zero-order chi connectivity index (χ0) is 26.3. The molecule has 36 heavy (non-hydrogen) atoms. The number of methoxy groups -OCH3 is 1. The van der Waals surface area contributed by atoms with Crippen molar-refractivity contribution in [2.45, 2.75) is 30.2 Å². The summed E-state index contributed by atoms with van der Waals surface area (Å²) in [5.74, 6) is -1.31. The summed E-state index contributed by atoms with van der Waals surface area (Å²) >= 11 is 1.20. The summed E-state index contributed by atoms with van der Waals surface area (Å²) in [6.45, 7) is 3.19. The Hall–Kier alpha value is -3.51. The van der Waals surface area contributed by atoms with Gasteiger partial charge in [-0.05, 0) is 55.8 Å². The molecule has 0 radical (unpaired) electrons. The van der Waals surface area contributed by atoms with Crippen molar-refractivity contribution in [2.75, 3.05) is 7.11 Å². The van der Waals surface area contributed by atoms with Crippen molar-refractivity contribution >= 4 is 27.1 Å². The van der Waals surface area contributed by atoms with E-state index < -0.39 is 38.6 Å². The molecule has 0 spiro atoms. The molecule has 0 saturated carbocycles. The smallest absolute Gasteiger partial charge is 0.420 e. The molecule has 4 aromatic rings. The number of hydrogen-bond donors (Lipinski definition) is 0. The Morgan fingerprint density at radius 3 is 2.44 bits per heavy atom. The van der Waals surface area contributed by atoms with Crippen LogP contribution in [0.3, 0.4) is 0 Å². The van der Waals surface area contributed by atoms with E-state index in [2.05, 4.69) is 10.1 Å². The topological polar surface area (TPSA) is 91.2 Å². The number of halogens is 3. The lowest BCUT2D eigenvalue weighted by molar-refractivity contribution is -0.137. The van der Waals surface area contributed by atoms with Crippen LogP contribution < -0.4 is 0 Å². The third-order valence-electron chi connectivity index (χ3n) is 5.32. The van der Waals surface area contributed by atoms with Gasteiger partial charge in [0.1, 0.15) is 5.56 Å². The van der Waals surface area contributed by atoms with Gasteiger partial charge >= 0.3 is 12.1 Å². The number of nitrogens with zero attached hydrogens (tertiary/aromatic N) is 3. The summed E-state index contributed by atoms with van der Waals surface area (Å²) in [5, 5.41) is 3.46. The first-order chi connectivity index (χ1) is 16.9. The van der Waals surface area contributed by atoms with Gasteiger partial charge in [0.2, 0.25) is 0 Å². The van der Waals surface area contributed by atoms with E-state index in [-0.39, 0.29) is 16.3 Å². The normalized spacial score (nSPS) is 12.2. The largest absolute Gasteiger partial charge is 0.464 e.